The summed E-state index contributed by atoms with van der Waals surface area (Å²) in [6.07, 6.45) is 3.21. The van der Waals surface area contributed by atoms with E-state index in [0.29, 0.717) is 49.0 Å². The molecule has 1 aliphatic heterocycles. The molecule has 0 spiro atoms. The Hall–Kier alpha value is -3.99. The minimum absolute atomic E-state index is 0.0545. The van der Waals surface area contributed by atoms with Gasteiger partial charge in [-0.1, -0.05) is 6.07 Å². The molecule has 166 valence electrons. The minimum Gasteiger partial charge on any atom is -0.497 e. The number of ether oxygens (including phenoxy) is 3. The molecule has 0 aliphatic carbocycles. The van der Waals surface area contributed by atoms with Crippen LogP contribution in [-0.4, -0.2) is 68.6 Å². The standard InChI is InChI=1S/C24H25N3O5/c1-30-20-7-5-19(6-8-20)24(29)27-14-12-26(13-15-27)23(28)10-4-18-3-9-21(32-16-11-25)22(17-18)31-2/h3-10,17H,12-16H2,1-2H3/b10-4+. The van der Waals surface area contributed by atoms with E-state index in [1.807, 2.05) is 6.07 Å². The summed E-state index contributed by atoms with van der Waals surface area (Å²) in [7, 11) is 3.10. The highest BCUT2D eigenvalue weighted by Crippen LogP contribution is 2.28. The van der Waals surface area contributed by atoms with Crippen molar-refractivity contribution >= 4 is 17.9 Å². The Morgan fingerprint density at radius 1 is 0.969 bits per heavy atom. The predicted molar refractivity (Wildman–Crippen MR) is 119 cm³/mol. The third-order valence-electron chi connectivity index (χ3n) is 5.11. The summed E-state index contributed by atoms with van der Waals surface area (Å²) in [6, 6.07) is 14.1. The van der Waals surface area contributed by atoms with Gasteiger partial charge < -0.3 is 24.0 Å². The van der Waals surface area contributed by atoms with Crippen LogP contribution in [0.5, 0.6) is 17.2 Å². The van der Waals surface area contributed by atoms with Gasteiger partial charge in [0, 0.05) is 37.8 Å². The largest absolute Gasteiger partial charge is 0.497 e. The molecule has 0 bridgehead atoms. The van der Waals surface area contributed by atoms with Crippen LogP contribution in [-0.2, 0) is 4.79 Å². The van der Waals surface area contributed by atoms with Crippen molar-refractivity contribution in [3.8, 4) is 23.3 Å². The fraction of sp³-hybridized carbons (Fsp3) is 0.292. The number of amides is 2. The SMILES string of the molecule is COc1ccc(C(=O)N2CCN(C(=O)/C=C/c3ccc(OCC#N)c(OC)c3)CC2)cc1. The van der Waals surface area contributed by atoms with E-state index in [4.69, 9.17) is 19.5 Å². The maximum absolute atomic E-state index is 12.7. The van der Waals surface area contributed by atoms with Gasteiger partial charge in [-0.15, -0.1) is 0 Å². The number of carbonyl (C=O) groups excluding carboxylic acids is 2. The molecule has 0 unspecified atom stereocenters. The molecule has 0 aromatic heterocycles. The lowest BCUT2D eigenvalue weighted by atomic mass is 10.1. The number of benzene rings is 2. The molecule has 2 aromatic carbocycles. The molecule has 32 heavy (non-hydrogen) atoms. The van der Waals surface area contributed by atoms with Crippen LogP contribution in [0.1, 0.15) is 15.9 Å². The first-order chi connectivity index (χ1) is 15.5. The number of nitriles is 1. The van der Waals surface area contributed by atoms with Gasteiger partial charge in [0.05, 0.1) is 14.2 Å². The highest BCUT2D eigenvalue weighted by atomic mass is 16.5. The van der Waals surface area contributed by atoms with E-state index in [1.54, 1.807) is 65.5 Å². The van der Waals surface area contributed by atoms with Crippen LogP contribution in [0.4, 0.5) is 0 Å². The van der Waals surface area contributed by atoms with Crippen LogP contribution < -0.4 is 14.2 Å². The maximum atomic E-state index is 12.7. The topological polar surface area (TPSA) is 92.1 Å². The molecule has 3 rings (SSSR count). The first-order valence-corrected chi connectivity index (χ1v) is 10.1. The normalized spacial score (nSPS) is 13.5. The van der Waals surface area contributed by atoms with Gasteiger partial charge in [-0.3, -0.25) is 9.59 Å². The molecule has 8 heteroatoms. The molecule has 1 saturated heterocycles. The lowest BCUT2D eigenvalue weighted by Crippen LogP contribution is -2.50. The lowest BCUT2D eigenvalue weighted by Gasteiger charge is -2.34. The van der Waals surface area contributed by atoms with E-state index in [2.05, 4.69) is 0 Å². The fourth-order valence-corrected chi connectivity index (χ4v) is 3.34. The second-order valence-electron chi connectivity index (χ2n) is 7.04. The zero-order valence-corrected chi connectivity index (χ0v) is 18.1. The molecule has 0 radical (unpaired) electrons. The molecule has 0 atom stereocenters. The summed E-state index contributed by atoms with van der Waals surface area (Å²) >= 11 is 0. The summed E-state index contributed by atoms with van der Waals surface area (Å²) in [6.45, 7) is 1.81. The monoisotopic (exact) mass is 435 g/mol. The van der Waals surface area contributed by atoms with Gasteiger partial charge in [-0.25, -0.2) is 0 Å². The Balaban J connectivity index is 1.55. The molecule has 2 amide bonds. The summed E-state index contributed by atoms with van der Waals surface area (Å²) < 4.78 is 15.7. The van der Waals surface area contributed by atoms with Crippen molar-refractivity contribution in [3.63, 3.8) is 0 Å². The quantitative estimate of drug-likeness (QED) is 0.621. The van der Waals surface area contributed by atoms with Gasteiger partial charge in [0.25, 0.3) is 5.91 Å². The maximum Gasteiger partial charge on any atom is 0.253 e. The average Bonchev–Trinajstić information content (AvgIpc) is 2.85. The molecule has 2 aromatic rings. The van der Waals surface area contributed by atoms with E-state index < -0.39 is 0 Å². The molecular formula is C24H25N3O5. The zero-order valence-electron chi connectivity index (χ0n) is 18.1. The van der Waals surface area contributed by atoms with E-state index >= 15 is 0 Å². The van der Waals surface area contributed by atoms with E-state index in [1.165, 1.54) is 13.2 Å². The van der Waals surface area contributed by atoms with Gasteiger partial charge in [0.1, 0.15) is 11.8 Å². The van der Waals surface area contributed by atoms with Crippen LogP contribution in [0.25, 0.3) is 6.08 Å². The average molecular weight is 435 g/mol. The van der Waals surface area contributed by atoms with Crippen LogP contribution in [0.3, 0.4) is 0 Å². The van der Waals surface area contributed by atoms with Crippen LogP contribution in [0, 0.1) is 11.3 Å². The Morgan fingerprint density at radius 3 is 2.28 bits per heavy atom. The number of hydrogen-bond acceptors (Lipinski definition) is 6. The molecule has 0 saturated carbocycles. The Morgan fingerprint density at radius 2 is 1.66 bits per heavy atom. The predicted octanol–water partition coefficient (Wildman–Crippen LogP) is 2.60. The first kappa shape index (κ1) is 22.7. The molecule has 8 nitrogen and oxygen atoms in total. The van der Waals surface area contributed by atoms with Gasteiger partial charge in [-0.05, 0) is 48.0 Å². The van der Waals surface area contributed by atoms with Crippen molar-refractivity contribution in [1.29, 1.82) is 5.26 Å². The van der Waals surface area contributed by atoms with Crippen molar-refractivity contribution in [2.75, 3.05) is 47.0 Å². The Kier molecular flexibility index (Phi) is 7.70. The third-order valence-corrected chi connectivity index (χ3v) is 5.11. The van der Waals surface area contributed by atoms with Gasteiger partial charge in [0.2, 0.25) is 5.91 Å². The Bertz CT molecular complexity index is 1020. The summed E-state index contributed by atoms with van der Waals surface area (Å²) in [4.78, 5) is 28.7. The number of rotatable bonds is 7. The summed E-state index contributed by atoms with van der Waals surface area (Å²) in [5, 5.41) is 8.64. The van der Waals surface area contributed by atoms with Gasteiger partial charge in [-0.2, -0.15) is 5.26 Å². The molecular weight excluding hydrogens is 410 g/mol. The summed E-state index contributed by atoms with van der Waals surface area (Å²) in [5.74, 6) is 1.48. The number of hydrogen-bond donors (Lipinski definition) is 0. The van der Waals surface area contributed by atoms with Crippen LogP contribution in [0.2, 0.25) is 0 Å². The Labute approximate surface area is 187 Å². The zero-order chi connectivity index (χ0) is 22.9. The smallest absolute Gasteiger partial charge is 0.253 e. The minimum atomic E-state index is -0.120. The van der Waals surface area contributed by atoms with E-state index in [-0.39, 0.29) is 18.4 Å². The molecule has 1 aliphatic rings. The van der Waals surface area contributed by atoms with Crippen LogP contribution >= 0.6 is 0 Å². The van der Waals surface area contributed by atoms with Crippen molar-refractivity contribution in [3.05, 3.63) is 59.7 Å². The fourth-order valence-electron chi connectivity index (χ4n) is 3.34. The number of methoxy groups -OCH3 is 2. The third kappa shape index (κ3) is 5.58. The lowest BCUT2D eigenvalue weighted by molar-refractivity contribution is -0.127. The second kappa shape index (κ2) is 10.9. The summed E-state index contributed by atoms with van der Waals surface area (Å²) in [5.41, 5.74) is 1.37. The second-order valence-corrected chi connectivity index (χ2v) is 7.04. The molecule has 1 fully saturated rings. The van der Waals surface area contributed by atoms with Crippen LogP contribution in [0.15, 0.2) is 48.5 Å². The van der Waals surface area contributed by atoms with E-state index in [0.717, 1.165) is 5.56 Å². The first-order valence-electron chi connectivity index (χ1n) is 10.1. The number of carbonyl (C=O) groups is 2. The van der Waals surface area contributed by atoms with Crippen molar-refractivity contribution in [2.45, 2.75) is 0 Å². The highest BCUT2D eigenvalue weighted by Gasteiger charge is 2.24. The number of nitrogens with zero attached hydrogens (tertiary/aromatic N) is 3. The van der Waals surface area contributed by atoms with Gasteiger partial charge >= 0.3 is 0 Å². The highest BCUT2D eigenvalue weighted by molar-refractivity contribution is 5.95. The van der Waals surface area contributed by atoms with Gasteiger partial charge in [0.15, 0.2) is 18.1 Å². The molecule has 1 heterocycles. The van der Waals surface area contributed by atoms with Crippen molar-refractivity contribution in [1.82, 2.24) is 9.80 Å². The number of piperazine rings is 1. The van der Waals surface area contributed by atoms with Crippen molar-refractivity contribution in [2.24, 2.45) is 0 Å². The van der Waals surface area contributed by atoms with Crippen molar-refractivity contribution < 1.29 is 23.8 Å². The van der Waals surface area contributed by atoms with E-state index in [9.17, 15) is 9.59 Å². The molecule has 0 N–H and O–H groups in total.